The van der Waals surface area contributed by atoms with E-state index in [0.29, 0.717) is 6.04 Å². The second-order valence-corrected chi connectivity index (χ2v) is 4.12. The van der Waals surface area contributed by atoms with Crippen LogP contribution in [0, 0.1) is 5.92 Å². The molecule has 1 aliphatic rings. The highest BCUT2D eigenvalue weighted by Gasteiger charge is 2.25. The van der Waals surface area contributed by atoms with Gasteiger partial charge in [0, 0.05) is 25.0 Å². The first-order valence-electron chi connectivity index (χ1n) is 5.59. The third-order valence-electron chi connectivity index (χ3n) is 3.27. The molecule has 1 aromatic heterocycles. The van der Waals surface area contributed by atoms with Crippen molar-refractivity contribution in [3.8, 4) is 0 Å². The van der Waals surface area contributed by atoms with Crippen molar-refractivity contribution in [3.05, 3.63) is 12.4 Å². The number of aromatic nitrogens is 2. The predicted molar refractivity (Wildman–Crippen MR) is 58.4 cm³/mol. The van der Waals surface area contributed by atoms with Crippen LogP contribution in [0.1, 0.15) is 39.2 Å². The van der Waals surface area contributed by atoms with Crippen LogP contribution in [0.5, 0.6) is 0 Å². The zero-order chi connectivity index (χ0) is 9.97. The van der Waals surface area contributed by atoms with E-state index in [-0.39, 0.29) is 0 Å². The standard InChI is InChI=1S/C11H19N3/c1-3-12-11-13-7-8-14(11)9(2)10-5-4-6-10/h7-10H,3-6H2,1-2H3,(H,12,13). The quantitative estimate of drug-likeness (QED) is 0.796. The van der Waals surface area contributed by atoms with Gasteiger partial charge in [-0.15, -0.1) is 0 Å². The summed E-state index contributed by atoms with van der Waals surface area (Å²) < 4.78 is 2.27. The van der Waals surface area contributed by atoms with Gasteiger partial charge in [-0.1, -0.05) is 6.42 Å². The average Bonchev–Trinajstić information content (AvgIpc) is 2.49. The van der Waals surface area contributed by atoms with E-state index < -0.39 is 0 Å². The second-order valence-electron chi connectivity index (χ2n) is 4.12. The molecule has 1 aliphatic carbocycles. The lowest BCUT2D eigenvalue weighted by molar-refractivity contribution is 0.224. The van der Waals surface area contributed by atoms with Crippen LogP contribution in [0.2, 0.25) is 0 Å². The number of nitrogens with one attached hydrogen (secondary N) is 1. The highest BCUT2D eigenvalue weighted by molar-refractivity contribution is 5.26. The van der Waals surface area contributed by atoms with Gasteiger partial charge >= 0.3 is 0 Å². The van der Waals surface area contributed by atoms with Crippen molar-refractivity contribution in [2.75, 3.05) is 11.9 Å². The van der Waals surface area contributed by atoms with Crippen LogP contribution >= 0.6 is 0 Å². The largest absolute Gasteiger partial charge is 0.356 e. The summed E-state index contributed by atoms with van der Waals surface area (Å²) in [5.74, 6) is 1.88. The maximum Gasteiger partial charge on any atom is 0.203 e. The van der Waals surface area contributed by atoms with Crippen molar-refractivity contribution >= 4 is 5.95 Å². The first-order chi connectivity index (χ1) is 6.83. The van der Waals surface area contributed by atoms with Gasteiger partial charge in [-0.3, -0.25) is 0 Å². The topological polar surface area (TPSA) is 29.9 Å². The van der Waals surface area contributed by atoms with Crippen LogP contribution in [-0.4, -0.2) is 16.1 Å². The van der Waals surface area contributed by atoms with Crippen LogP contribution < -0.4 is 5.32 Å². The Balaban J connectivity index is 2.09. The number of hydrogen-bond donors (Lipinski definition) is 1. The molecule has 2 rings (SSSR count). The Labute approximate surface area is 85.5 Å². The molecule has 1 fully saturated rings. The predicted octanol–water partition coefficient (Wildman–Crippen LogP) is 2.68. The van der Waals surface area contributed by atoms with Gasteiger partial charge in [0.2, 0.25) is 5.95 Å². The molecule has 1 atom stereocenters. The van der Waals surface area contributed by atoms with E-state index >= 15 is 0 Å². The van der Waals surface area contributed by atoms with Crippen LogP contribution in [0.4, 0.5) is 5.95 Å². The molecule has 1 saturated carbocycles. The molecule has 14 heavy (non-hydrogen) atoms. The van der Waals surface area contributed by atoms with Crippen molar-refractivity contribution in [3.63, 3.8) is 0 Å². The molecule has 0 spiro atoms. The molecule has 0 saturated heterocycles. The Bertz CT molecular complexity index is 288. The second kappa shape index (κ2) is 4.03. The SMILES string of the molecule is CCNc1nccn1C(C)C1CCC1. The van der Waals surface area contributed by atoms with Crippen LogP contribution in [0.25, 0.3) is 0 Å². The minimum atomic E-state index is 0.597. The lowest BCUT2D eigenvalue weighted by Gasteiger charge is -2.32. The number of imidazole rings is 1. The summed E-state index contributed by atoms with van der Waals surface area (Å²) in [6.45, 7) is 5.34. The van der Waals surface area contributed by atoms with E-state index in [1.54, 1.807) is 0 Å². The van der Waals surface area contributed by atoms with Crippen LogP contribution in [0.3, 0.4) is 0 Å². The summed E-state index contributed by atoms with van der Waals surface area (Å²) in [5, 5.41) is 3.29. The maximum absolute atomic E-state index is 4.32. The minimum absolute atomic E-state index is 0.597. The van der Waals surface area contributed by atoms with E-state index in [0.717, 1.165) is 18.4 Å². The van der Waals surface area contributed by atoms with Crippen molar-refractivity contribution in [1.82, 2.24) is 9.55 Å². The minimum Gasteiger partial charge on any atom is -0.356 e. The number of rotatable bonds is 4. The maximum atomic E-state index is 4.32. The zero-order valence-electron chi connectivity index (χ0n) is 9.03. The van der Waals surface area contributed by atoms with E-state index in [2.05, 4.69) is 34.9 Å². The molecule has 0 amide bonds. The van der Waals surface area contributed by atoms with Gasteiger partial charge in [0.25, 0.3) is 0 Å². The van der Waals surface area contributed by atoms with E-state index in [9.17, 15) is 0 Å². The normalized spacial score (nSPS) is 19.0. The fraction of sp³-hybridized carbons (Fsp3) is 0.727. The summed E-state index contributed by atoms with van der Waals surface area (Å²) in [5.41, 5.74) is 0. The molecule has 78 valence electrons. The number of hydrogen-bond acceptors (Lipinski definition) is 2. The van der Waals surface area contributed by atoms with E-state index in [1.807, 2.05) is 6.20 Å². The molecule has 1 N–H and O–H groups in total. The Hall–Kier alpha value is -0.990. The van der Waals surface area contributed by atoms with Crippen molar-refractivity contribution in [2.45, 2.75) is 39.2 Å². The van der Waals surface area contributed by atoms with Gasteiger partial charge in [0.1, 0.15) is 0 Å². The van der Waals surface area contributed by atoms with Crippen molar-refractivity contribution in [1.29, 1.82) is 0 Å². The molecule has 1 heterocycles. The average molecular weight is 193 g/mol. The lowest BCUT2D eigenvalue weighted by atomic mass is 9.80. The van der Waals surface area contributed by atoms with Gasteiger partial charge in [0.15, 0.2) is 0 Å². The van der Waals surface area contributed by atoms with Crippen LogP contribution in [-0.2, 0) is 0 Å². The van der Waals surface area contributed by atoms with Crippen molar-refractivity contribution in [2.24, 2.45) is 5.92 Å². The van der Waals surface area contributed by atoms with Crippen molar-refractivity contribution < 1.29 is 0 Å². The number of anilines is 1. The van der Waals surface area contributed by atoms with Crippen LogP contribution in [0.15, 0.2) is 12.4 Å². The fourth-order valence-corrected chi connectivity index (χ4v) is 2.09. The Kier molecular flexibility index (Phi) is 2.75. The Morgan fingerprint density at radius 1 is 1.64 bits per heavy atom. The summed E-state index contributed by atoms with van der Waals surface area (Å²) in [6.07, 6.45) is 8.13. The molecule has 1 aromatic rings. The highest BCUT2D eigenvalue weighted by Crippen LogP contribution is 2.36. The van der Waals surface area contributed by atoms with Gasteiger partial charge in [-0.2, -0.15) is 0 Å². The number of nitrogens with zero attached hydrogens (tertiary/aromatic N) is 2. The molecule has 0 bridgehead atoms. The van der Waals surface area contributed by atoms with Gasteiger partial charge in [-0.05, 0) is 32.6 Å². The van der Waals surface area contributed by atoms with E-state index in [1.165, 1.54) is 19.3 Å². The third kappa shape index (κ3) is 1.63. The summed E-state index contributed by atoms with van der Waals surface area (Å²) >= 11 is 0. The van der Waals surface area contributed by atoms with E-state index in [4.69, 9.17) is 0 Å². The van der Waals surface area contributed by atoms with Gasteiger partial charge in [0.05, 0.1) is 0 Å². The first kappa shape index (κ1) is 9.56. The first-order valence-corrected chi connectivity index (χ1v) is 5.59. The molecule has 1 unspecified atom stereocenters. The molecule has 0 radical (unpaired) electrons. The molecule has 0 aromatic carbocycles. The Morgan fingerprint density at radius 2 is 2.43 bits per heavy atom. The Morgan fingerprint density at radius 3 is 3.00 bits per heavy atom. The smallest absolute Gasteiger partial charge is 0.203 e. The van der Waals surface area contributed by atoms with Gasteiger partial charge < -0.3 is 9.88 Å². The molecular weight excluding hydrogens is 174 g/mol. The molecule has 3 heteroatoms. The lowest BCUT2D eigenvalue weighted by Crippen LogP contribution is -2.23. The molecule has 3 nitrogen and oxygen atoms in total. The van der Waals surface area contributed by atoms with Gasteiger partial charge in [-0.25, -0.2) is 4.98 Å². The fourth-order valence-electron chi connectivity index (χ4n) is 2.09. The monoisotopic (exact) mass is 193 g/mol. The summed E-state index contributed by atoms with van der Waals surface area (Å²) in [7, 11) is 0. The third-order valence-corrected chi connectivity index (χ3v) is 3.27. The molecule has 0 aliphatic heterocycles. The summed E-state index contributed by atoms with van der Waals surface area (Å²) in [6, 6.07) is 0.597. The molecular formula is C11H19N3. The highest BCUT2D eigenvalue weighted by atomic mass is 15.2. The zero-order valence-corrected chi connectivity index (χ0v) is 9.03. The summed E-state index contributed by atoms with van der Waals surface area (Å²) in [4.78, 5) is 4.32.